The largest absolute Gasteiger partial charge is 0.456 e. The molecule has 0 radical (unpaired) electrons. The van der Waals surface area contributed by atoms with Gasteiger partial charge in [-0.25, -0.2) is 9.98 Å². The molecule has 10 rings (SSSR count). The number of benzene rings is 7. The van der Waals surface area contributed by atoms with Crippen molar-refractivity contribution in [1.29, 1.82) is 0 Å². The van der Waals surface area contributed by atoms with Crippen LogP contribution in [0.2, 0.25) is 0 Å². The summed E-state index contributed by atoms with van der Waals surface area (Å²) in [6.07, 6.45) is -0.263. The van der Waals surface area contributed by atoms with Gasteiger partial charge in [0.25, 0.3) is 0 Å². The molecule has 0 saturated heterocycles. The molecule has 0 aliphatic carbocycles. The third-order valence-corrected chi connectivity index (χ3v) is 9.66. The van der Waals surface area contributed by atoms with Crippen molar-refractivity contribution in [3.63, 3.8) is 0 Å². The van der Waals surface area contributed by atoms with Crippen LogP contribution in [-0.4, -0.2) is 16.2 Å². The van der Waals surface area contributed by atoms with Gasteiger partial charge in [-0.15, -0.1) is 0 Å². The number of furan rings is 1. The summed E-state index contributed by atoms with van der Waals surface area (Å²) >= 11 is 0. The Labute approximate surface area is 288 Å². The zero-order valence-electron chi connectivity index (χ0n) is 27.0. The van der Waals surface area contributed by atoms with Gasteiger partial charge in [0.05, 0.1) is 11.0 Å². The standard InChI is InChI=1S/C45H30N4O/c1-4-13-29(14-5-1)43-46-44(30-15-6-2-7-16-30)48-45(47-43)32-24-26-41-37(28-32)36-27-31(23-25-40(36)50-41)34-20-12-22-39-42(34)35-19-10-11-21-38(35)49(39)33-17-8-3-9-18-33/h1-28,43H,(H,46,47,48). The van der Waals surface area contributed by atoms with Gasteiger partial charge in [0.1, 0.15) is 23.2 Å². The highest BCUT2D eigenvalue weighted by molar-refractivity contribution is 6.18. The van der Waals surface area contributed by atoms with E-state index in [0.29, 0.717) is 5.84 Å². The predicted octanol–water partition coefficient (Wildman–Crippen LogP) is 10.8. The maximum absolute atomic E-state index is 6.40. The van der Waals surface area contributed by atoms with Crippen LogP contribution in [0.5, 0.6) is 0 Å². The summed E-state index contributed by atoms with van der Waals surface area (Å²) in [6.45, 7) is 0. The molecule has 0 spiro atoms. The molecule has 9 aromatic rings. The molecule has 5 nitrogen and oxygen atoms in total. The van der Waals surface area contributed by atoms with Crippen molar-refractivity contribution in [3.05, 3.63) is 187 Å². The van der Waals surface area contributed by atoms with Crippen molar-refractivity contribution >= 4 is 55.4 Å². The van der Waals surface area contributed by atoms with Gasteiger partial charge < -0.3 is 14.3 Å². The van der Waals surface area contributed by atoms with Crippen molar-refractivity contribution in [2.24, 2.45) is 9.98 Å². The summed E-state index contributed by atoms with van der Waals surface area (Å²) in [5, 5.41) is 8.19. The number of aromatic nitrogens is 1. The minimum absolute atomic E-state index is 0.263. The highest BCUT2D eigenvalue weighted by Crippen LogP contribution is 2.40. The van der Waals surface area contributed by atoms with E-state index in [-0.39, 0.29) is 6.17 Å². The molecule has 0 saturated carbocycles. The summed E-state index contributed by atoms with van der Waals surface area (Å²) in [5.41, 5.74) is 10.6. The molecule has 2 aromatic heterocycles. The first-order chi connectivity index (χ1) is 24.8. The number of amidine groups is 2. The number of nitrogens with one attached hydrogen (secondary N) is 1. The van der Waals surface area contributed by atoms with Crippen LogP contribution in [0.15, 0.2) is 184 Å². The SMILES string of the molecule is c1ccc(C2=NC(c3ccccc3)NC(c3ccc4oc5ccc(-c6cccc7c6c6ccccc6n7-c6ccccc6)cc5c4c3)=N2)cc1. The van der Waals surface area contributed by atoms with E-state index in [1.807, 2.05) is 42.5 Å². The van der Waals surface area contributed by atoms with Crippen molar-refractivity contribution < 1.29 is 4.42 Å². The third kappa shape index (κ3) is 4.63. The summed E-state index contributed by atoms with van der Waals surface area (Å²) in [5.74, 6) is 1.48. The van der Waals surface area contributed by atoms with Gasteiger partial charge in [0, 0.05) is 38.4 Å². The highest BCUT2D eigenvalue weighted by atomic mass is 16.3. The van der Waals surface area contributed by atoms with Crippen LogP contribution in [0.3, 0.4) is 0 Å². The number of para-hydroxylation sites is 2. The average molecular weight is 643 g/mol. The van der Waals surface area contributed by atoms with E-state index < -0.39 is 0 Å². The Kier molecular flexibility index (Phi) is 6.49. The monoisotopic (exact) mass is 642 g/mol. The van der Waals surface area contributed by atoms with E-state index in [0.717, 1.165) is 55.7 Å². The Morgan fingerprint density at radius 2 is 1.16 bits per heavy atom. The molecule has 0 fully saturated rings. The molecule has 1 aliphatic rings. The lowest BCUT2D eigenvalue weighted by molar-refractivity contribution is 0.668. The molecule has 5 heteroatoms. The lowest BCUT2D eigenvalue weighted by Crippen LogP contribution is -2.33. The van der Waals surface area contributed by atoms with Crippen LogP contribution in [0.25, 0.3) is 60.6 Å². The van der Waals surface area contributed by atoms with E-state index in [9.17, 15) is 0 Å². The Bertz CT molecular complexity index is 2780. The van der Waals surface area contributed by atoms with Crippen LogP contribution in [0.4, 0.5) is 0 Å². The van der Waals surface area contributed by atoms with Crippen molar-refractivity contribution in [1.82, 2.24) is 9.88 Å². The van der Waals surface area contributed by atoms with Crippen molar-refractivity contribution in [2.45, 2.75) is 6.17 Å². The first-order valence-electron chi connectivity index (χ1n) is 16.9. The molecule has 50 heavy (non-hydrogen) atoms. The summed E-state index contributed by atoms with van der Waals surface area (Å²) in [7, 11) is 0. The maximum atomic E-state index is 6.40. The zero-order valence-corrected chi connectivity index (χ0v) is 27.0. The van der Waals surface area contributed by atoms with Gasteiger partial charge in [0.2, 0.25) is 0 Å². The second-order valence-corrected chi connectivity index (χ2v) is 12.6. The normalized spacial score (nSPS) is 14.6. The average Bonchev–Trinajstić information content (AvgIpc) is 3.74. The number of hydrogen-bond acceptors (Lipinski definition) is 4. The van der Waals surface area contributed by atoms with Crippen molar-refractivity contribution in [3.8, 4) is 16.8 Å². The Hall–Kier alpha value is -6.72. The quantitative estimate of drug-likeness (QED) is 0.203. The van der Waals surface area contributed by atoms with Gasteiger partial charge in [-0.1, -0.05) is 115 Å². The van der Waals surface area contributed by atoms with E-state index in [1.165, 1.54) is 27.4 Å². The predicted molar refractivity (Wildman–Crippen MR) is 205 cm³/mol. The molecule has 1 N–H and O–H groups in total. The molecule has 3 heterocycles. The molecule has 0 bridgehead atoms. The van der Waals surface area contributed by atoms with Gasteiger partial charge in [0.15, 0.2) is 5.84 Å². The lowest BCUT2D eigenvalue weighted by Gasteiger charge is -2.23. The van der Waals surface area contributed by atoms with Gasteiger partial charge in [-0.05, 0) is 71.3 Å². The fraction of sp³-hybridized carbons (Fsp3) is 0.0222. The Balaban J connectivity index is 1.12. The lowest BCUT2D eigenvalue weighted by atomic mass is 9.97. The molecule has 7 aromatic carbocycles. The second-order valence-electron chi connectivity index (χ2n) is 12.6. The number of fused-ring (bicyclic) bond motifs is 6. The van der Waals surface area contributed by atoms with Gasteiger partial charge in [-0.2, -0.15) is 0 Å². The second kappa shape index (κ2) is 11.5. The van der Waals surface area contributed by atoms with Crippen LogP contribution < -0.4 is 5.32 Å². The van der Waals surface area contributed by atoms with Crippen molar-refractivity contribution in [2.75, 3.05) is 0 Å². The van der Waals surface area contributed by atoms with Gasteiger partial charge >= 0.3 is 0 Å². The maximum Gasteiger partial charge on any atom is 0.159 e. The Morgan fingerprint density at radius 1 is 0.520 bits per heavy atom. The molecule has 1 aliphatic heterocycles. The van der Waals surface area contributed by atoms with E-state index in [4.69, 9.17) is 14.4 Å². The fourth-order valence-electron chi connectivity index (χ4n) is 7.33. The number of rotatable bonds is 5. The number of hydrogen-bond donors (Lipinski definition) is 1. The molecule has 0 amide bonds. The zero-order chi connectivity index (χ0) is 33.0. The third-order valence-electron chi connectivity index (χ3n) is 9.66. The molecular weight excluding hydrogens is 613 g/mol. The minimum Gasteiger partial charge on any atom is -0.456 e. The molecule has 1 unspecified atom stereocenters. The number of aliphatic imine (C=N–C) groups is 2. The topological polar surface area (TPSA) is 54.8 Å². The van der Waals surface area contributed by atoms with Crippen LogP contribution in [-0.2, 0) is 0 Å². The summed E-state index contributed by atoms with van der Waals surface area (Å²) < 4.78 is 8.76. The van der Waals surface area contributed by atoms with Crippen LogP contribution >= 0.6 is 0 Å². The minimum atomic E-state index is -0.263. The molecular formula is C45H30N4O. The van der Waals surface area contributed by atoms with Crippen LogP contribution in [0, 0.1) is 0 Å². The first kappa shape index (κ1) is 28.3. The smallest absolute Gasteiger partial charge is 0.159 e. The van der Waals surface area contributed by atoms with Crippen LogP contribution in [0.1, 0.15) is 22.9 Å². The summed E-state index contributed by atoms with van der Waals surface area (Å²) in [4.78, 5) is 10.1. The molecule has 1 atom stereocenters. The van der Waals surface area contributed by atoms with E-state index in [1.54, 1.807) is 0 Å². The summed E-state index contributed by atoms with van der Waals surface area (Å²) in [6, 6.07) is 59.2. The first-order valence-corrected chi connectivity index (χ1v) is 16.9. The van der Waals surface area contributed by atoms with E-state index in [2.05, 4.69) is 137 Å². The fourth-order valence-corrected chi connectivity index (χ4v) is 7.33. The highest BCUT2D eigenvalue weighted by Gasteiger charge is 2.22. The molecule has 236 valence electrons. The Morgan fingerprint density at radius 3 is 1.94 bits per heavy atom. The van der Waals surface area contributed by atoms with E-state index >= 15 is 0 Å². The van der Waals surface area contributed by atoms with Gasteiger partial charge in [-0.3, -0.25) is 0 Å². The number of nitrogens with zero attached hydrogens (tertiary/aromatic N) is 3.